The van der Waals surface area contributed by atoms with Gasteiger partial charge in [0.2, 0.25) is 0 Å². The van der Waals surface area contributed by atoms with Gasteiger partial charge in [-0.3, -0.25) is 9.89 Å². The highest BCUT2D eigenvalue weighted by atomic mass is 35.5. The van der Waals surface area contributed by atoms with Crippen LogP contribution in [0.5, 0.6) is 0 Å². The third-order valence-electron chi connectivity index (χ3n) is 3.55. The quantitative estimate of drug-likeness (QED) is 0.574. The topological polar surface area (TPSA) is 45.8 Å². The Bertz CT molecular complexity index is 834. The number of carbonyl (C=O) groups excluding carboxylic acids is 1. The molecule has 20 heavy (non-hydrogen) atoms. The first kappa shape index (κ1) is 11.4. The van der Waals surface area contributed by atoms with E-state index in [4.69, 9.17) is 11.6 Å². The van der Waals surface area contributed by atoms with Gasteiger partial charge in [0, 0.05) is 21.7 Å². The van der Waals surface area contributed by atoms with E-state index in [0.717, 1.165) is 22.4 Å². The Morgan fingerprint density at radius 2 is 1.65 bits per heavy atom. The number of aromatic amines is 1. The second kappa shape index (κ2) is 4.05. The minimum absolute atomic E-state index is 0.0225. The fraction of sp³-hybridized carbons (Fsp3) is 0. The molecule has 0 saturated carbocycles. The summed E-state index contributed by atoms with van der Waals surface area (Å²) in [5.41, 5.74) is 4.65. The lowest BCUT2D eigenvalue weighted by Crippen LogP contribution is -1.97. The third kappa shape index (κ3) is 1.47. The van der Waals surface area contributed by atoms with E-state index in [9.17, 15) is 4.79 Å². The fourth-order valence-corrected chi connectivity index (χ4v) is 2.73. The smallest absolute Gasteiger partial charge is 0.198 e. The lowest BCUT2D eigenvalue weighted by molar-refractivity contribution is 0.104. The Balaban J connectivity index is 1.94. The minimum atomic E-state index is 0.0225. The number of fused-ring (bicyclic) bond motifs is 3. The average Bonchev–Trinajstić information content (AvgIpc) is 3.02. The molecule has 4 rings (SSSR count). The Morgan fingerprint density at radius 3 is 2.40 bits per heavy atom. The zero-order chi connectivity index (χ0) is 13.7. The number of rotatable bonds is 1. The fourth-order valence-electron chi connectivity index (χ4n) is 2.61. The van der Waals surface area contributed by atoms with Crippen LogP contribution in [-0.2, 0) is 0 Å². The molecule has 1 aliphatic rings. The molecule has 0 bridgehead atoms. The van der Waals surface area contributed by atoms with Crippen LogP contribution < -0.4 is 0 Å². The first-order valence-corrected chi connectivity index (χ1v) is 6.62. The van der Waals surface area contributed by atoms with Crippen LogP contribution in [0, 0.1) is 0 Å². The van der Waals surface area contributed by atoms with Crippen LogP contribution in [0.15, 0.2) is 48.5 Å². The summed E-state index contributed by atoms with van der Waals surface area (Å²) in [7, 11) is 0. The van der Waals surface area contributed by atoms with Gasteiger partial charge in [0.05, 0.1) is 11.3 Å². The first-order chi connectivity index (χ1) is 9.75. The van der Waals surface area contributed by atoms with Crippen molar-refractivity contribution >= 4 is 17.4 Å². The normalized spacial score (nSPS) is 12.3. The summed E-state index contributed by atoms with van der Waals surface area (Å²) in [5, 5.41) is 7.94. The van der Waals surface area contributed by atoms with Crippen molar-refractivity contribution in [2.75, 3.05) is 0 Å². The van der Waals surface area contributed by atoms with E-state index in [1.165, 1.54) is 0 Å². The first-order valence-electron chi connectivity index (χ1n) is 6.24. The molecule has 0 aliphatic heterocycles. The lowest BCUT2D eigenvalue weighted by Gasteiger charge is -1.99. The molecule has 0 amide bonds. The number of nitrogens with zero attached hydrogens (tertiary/aromatic N) is 1. The van der Waals surface area contributed by atoms with Gasteiger partial charge in [-0.25, -0.2) is 0 Å². The summed E-state index contributed by atoms with van der Waals surface area (Å²) >= 11 is 5.90. The molecule has 0 saturated heterocycles. The summed E-state index contributed by atoms with van der Waals surface area (Å²) in [6, 6.07) is 14.9. The molecule has 4 heteroatoms. The second-order valence-corrected chi connectivity index (χ2v) is 5.14. The molecule has 1 aliphatic carbocycles. The molecular formula is C16H9ClN2O. The second-order valence-electron chi connectivity index (χ2n) is 4.70. The van der Waals surface area contributed by atoms with Crippen molar-refractivity contribution in [2.24, 2.45) is 0 Å². The zero-order valence-corrected chi connectivity index (χ0v) is 11.1. The molecular weight excluding hydrogens is 272 g/mol. The highest BCUT2D eigenvalue weighted by Crippen LogP contribution is 2.39. The summed E-state index contributed by atoms with van der Waals surface area (Å²) in [6.07, 6.45) is 0. The predicted molar refractivity (Wildman–Crippen MR) is 77.9 cm³/mol. The van der Waals surface area contributed by atoms with Crippen LogP contribution in [0.3, 0.4) is 0 Å². The van der Waals surface area contributed by atoms with Crippen molar-refractivity contribution < 1.29 is 4.79 Å². The summed E-state index contributed by atoms with van der Waals surface area (Å²) in [6.45, 7) is 0. The van der Waals surface area contributed by atoms with Gasteiger partial charge in [-0.05, 0) is 12.1 Å². The van der Waals surface area contributed by atoms with Crippen molar-refractivity contribution in [1.29, 1.82) is 0 Å². The summed E-state index contributed by atoms with van der Waals surface area (Å²) in [5.74, 6) is 0.0225. The highest BCUT2D eigenvalue weighted by molar-refractivity contribution is 6.30. The van der Waals surface area contributed by atoms with Gasteiger partial charge in [0.15, 0.2) is 5.78 Å². The molecule has 0 spiro atoms. The maximum atomic E-state index is 12.5. The van der Waals surface area contributed by atoms with Crippen LogP contribution >= 0.6 is 11.6 Å². The van der Waals surface area contributed by atoms with Crippen molar-refractivity contribution in [3.8, 4) is 22.5 Å². The maximum Gasteiger partial charge on any atom is 0.198 e. The van der Waals surface area contributed by atoms with Crippen LogP contribution in [0.25, 0.3) is 22.5 Å². The van der Waals surface area contributed by atoms with E-state index in [-0.39, 0.29) is 5.78 Å². The van der Waals surface area contributed by atoms with Crippen molar-refractivity contribution in [1.82, 2.24) is 10.2 Å². The number of H-pyrrole nitrogens is 1. The molecule has 1 N–H and O–H groups in total. The molecule has 96 valence electrons. The molecule has 2 aromatic carbocycles. The van der Waals surface area contributed by atoms with E-state index in [1.807, 2.05) is 36.4 Å². The van der Waals surface area contributed by atoms with Crippen molar-refractivity contribution in [2.45, 2.75) is 0 Å². The zero-order valence-electron chi connectivity index (χ0n) is 10.4. The van der Waals surface area contributed by atoms with Gasteiger partial charge in [0.1, 0.15) is 5.69 Å². The lowest BCUT2D eigenvalue weighted by atomic mass is 10.0. The maximum absolute atomic E-state index is 12.5. The standard InChI is InChI=1S/C16H9ClN2O/c17-10-7-5-9(6-8-10)14-13-15(19-18-14)11-3-1-2-4-12(11)16(13)20/h1-8H,(H,18,19). The van der Waals surface area contributed by atoms with Crippen LogP contribution in [0.1, 0.15) is 15.9 Å². The van der Waals surface area contributed by atoms with Crippen molar-refractivity contribution in [3.63, 3.8) is 0 Å². The Labute approximate surface area is 120 Å². The summed E-state index contributed by atoms with van der Waals surface area (Å²) < 4.78 is 0. The molecule has 1 aromatic heterocycles. The van der Waals surface area contributed by atoms with Gasteiger partial charge in [0.25, 0.3) is 0 Å². The molecule has 0 radical (unpaired) electrons. The van der Waals surface area contributed by atoms with Crippen LogP contribution in [-0.4, -0.2) is 16.0 Å². The van der Waals surface area contributed by atoms with Gasteiger partial charge in [-0.2, -0.15) is 5.10 Å². The molecule has 0 unspecified atom stereocenters. The van der Waals surface area contributed by atoms with E-state index in [1.54, 1.807) is 12.1 Å². The van der Waals surface area contributed by atoms with Gasteiger partial charge in [-0.15, -0.1) is 0 Å². The monoisotopic (exact) mass is 280 g/mol. The number of ketones is 1. The van der Waals surface area contributed by atoms with E-state index >= 15 is 0 Å². The average molecular weight is 281 g/mol. The predicted octanol–water partition coefficient (Wildman–Crippen LogP) is 3.94. The van der Waals surface area contributed by atoms with Crippen LogP contribution in [0.2, 0.25) is 5.02 Å². The Morgan fingerprint density at radius 1 is 0.950 bits per heavy atom. The minimum Gasteiger partial charge on any atom is -0.288 e. The highest BCUT2D eigenvalue weighted by Gasteiger charge is 2.32. The number of nitrogens with one attached hydrogen (secondary N) is 1. The number of halogens is 1. The number of hydrogen-bond donors (Lipinski definition) is 1. The van der Waals surface area contributed by atoms with Gasteiger partial charge < -0.3 is 0 Å². The molecule has 0 fully saturated rings. The van der Waals surface area contributed by atoms with E-state index in [2.05, 4.69) is 10.2 Å². The number of benzene rings is 2. The van der Waals surface area contributed by atoms with Crippen molar-refractivity contribution in [3.05, 3.63) is 64.7 Å². The molecule has 1 heterocycles. The molecule has 3 aromatic rings. The molecule has 3 nitrogen and oxygen atoms in total. The van der Waals surface area contributed by atoms with E-state index in [0.29, 0.717) is 16.3 Å². The largest absolute Gasteiger partial charge is 0.288 e. The number of carbonyl (C=O) groups is 1. The number of aromatic nitrogens is 2. The van der Waals surface area contributed by atoms with Gasteiger partial charge >= 0.3 is 0 Å². The SMILES string of the molecule is O=C1c2ccccc2-c2[nH]nc(-c3ccc(Cl)cc3)c21. The third-order valence-corrected chi connectivity index (χ3v) is 3.80. The van der Waals surface area contributed by atoms with Crippen LogP contribution in [0.4, 0.5) is 0 Å². The number of hydrogen-bond acceptors (Lipinski definition) is 2. The van der Waals surface area contributed by atoms with Gasteiger partial charge in [-0.1, -0.05) is 48.0 Å². The Kier molecular flexibility index (Phi) is 2.32. The summed E-state index contributed by atoms with van der Waals surface area (Å²) in [4.78, 5) is 12.5. The van der Waals surface area contributed by atoms with E-state index < -0.39 is 0 Å². The molecule has 0 atom stereocenters. The Hall–Kier alpha value is -2.39.